The molecule has 0 fully saturated rings. The number of rotatable bonds is 1. The maximum atomic E-state index is 10.4. The van der Waals surface area contributed by atoms with E-state index in [1.54, 1.807) is 0 Å². The van der Waals surface area contributed by atoms with Gasteiger partial charge in [0.1, 0.15) is 0 Å². The van der Waals surface area contributed by atoms with Crippen LogP contribution in [0, 0.1) is 11.8 Å². The minimum absolute atomic E-state index is 0.0961. The van der Waals surface area contributed by atoms with E-state index in [4.69, 9.17) is 10.2 Å². The van der Waals surface area contributed by atoms with Gasteiger partial charge in [0.2, 0.25) is 0 Å². The summed E-state index contributed by atoms with van der Waals surface area (Å²) in [6.45, 7) is 0. The van der Waals surface area contributed by atoms with Gasteiger partial charge in [-0.3, -0.25) is 0 Å². The average Bonchev–Trinajstić information content (AvgIpc) is 2.13. The smallest absolute Gasteiger partial charge is 0.332 e. The number of aliphatic carboxylic acids is 1. The molecular formula is C8H6O3. The van der Waals surface area contributed by atoms with E-state index in [2.05, 4.69) is 11.8 Å². The second kappa shape index (κ2) is 2.93. The van der Waals surface area contributed by atoms with Crippen molar-refractivity contribution in [3.63, 3.8) is 0 Å². The highest BCUT2D eigenvalue weighted by molar-refractivity contribution is 5.87. The Hall–Kier alpha value is -1.69. The molecule has 3 nitrogen and oxygen atoms in total. The van der Waals surface area contributed by atoms with Crippen molar-refractivity contribution in [3.05, 3.63) is 23.5 Å². The Morgan fingerprint density at radius 1 is 1.55 bits per heavy atom. The molecule has 1 aliphatic carbocycles. The summed E-state index contributed by atoms with van der Waals surface area (Å²) < 4.78 is 0. The number of allylic oxidation sites excluding steroid dienone is 3. The first-order chi connectivity index (χ1) is 5.20. The van der Waals surface area contributed by atoms with Gasteiger partial charge in [0.15, 0.2) is 5.76 Å². The van der Waals surface area contributed by atoms with Crippen LogP contribution < -0.4 is 0 Å². The number of carbonyl (C=O) groups is 1. The zero-order valence-electron chi connectivity index (χ0n) is 5.66. The summed E-state index contributed by atoms with van der Waals surface area (Å²) in [4.78, 5) is 10.4. The van der Waals surface area contributed by atoms with Gasteiger partial charge in [-0.1, -0.05) is 5.92 Å². The zero-order valence-corrected chi connectivity index (χ0v) is 5.66. The van der Waals surface area contributed by atoms with E-state index in [9.17, 15) is 4.79 Å². The van der Waals surface area contributed by atoms with Crippen molar-refractivity contribution in [1.29, 1.82) is 0 Å². The van der Waals surface area contributed by atoms with E-state index < -0.39 is 5.97 Å². The molecule has 0 aliphatic heterocycles. The van der Waals surface area contributed by atoms with Crippen LogP contribution in [0.2, 0.25) is 0 Å². The molecule has 0 aromatic rings. The molecule has 0 saturated heterocycles. The number of carboxylic acids is 1. The highest BCUT2D eigenvalue weighted by Gasteiger charge is 2.05. The lowest BCUT2D eigenvalue weighted by Gasteiger charge is -1.90. The van der Waals surface area contributed by atoms with E-state index in [0.29, 0.717) is 0 Å². The van der Waals surface area contributed by atoms with Crippen molar-refractivity contribution in [3.8, 4) is 11.8 Å². The summed E-state index contributed by atoms with van der Waals surface area (Å²) in [6, 6.07) is 0. The van der Waals surface area contributed by atoms with E-state index in [0.717, 1.165) is 0 Å². The van der Waals surface area contributed by atoms with Crippen LogP contribution in [0.5, 0.6) is 0 Å². The molecular weight excluding hydrogens is 144 g/mol. The first-order valence-electron chi connectivity index (χ1n) is 3.02. The molecule has 0 amide bonds. The van der Waals surface area contributed by atoms with Gasteiger partial charge in [-0.25, -0.2) is 4.79 Å². The minimum Gasteiger partial charge on any atom is -0.501 e. The third-order valence-corrected chi connectivity index (χ3v) is 1.21. The second-order valence-electron chi connectivity index (χ2n) is 2.03. The monoisotopic (exact) mass is 150 g/mol. The summed E-state index contributed by atoms with van der Waals surface area (Å²) in [7, 11) is 0. The van der Waals surface area contributed by atoms with Crippen LogP contribution in [-0.2, 0) is 4.79 Å². The third kappa shape index (κ3) is 1.87. The summed E-state index contributed by atoms with van der Waals surface area (Å²) in [5.74, 6) is 3.80. The number of hydrogen-bond acceptors (Lipinski definition) is 2. The fourth-order valence-corrected chi connectivity index (χ4v) is 0.657. The van der Waals surface area contributed by atoms with Gasteiger partial charge in [-0.05, 0) is 18.1 Å². The minimum atomic E-state index is -0.995. The average molecular weight is 150 g/mol. The highest BCUT2D eigenvalue weighted by Crippen LogP contribution is 2.04. The molecule has 56 valence electrons. The molecule has 11 heavy (non-hydrogen) atoms. The van der Waals surface area contributed by atoms with Crippen LogP contribution >= 0.6 is 0 Å². The predicted molar refractivity (Wildman–Crippen MR) is 38.8 cm³/mol. The van der Waals surface area contributed by atoms with Gasteiger partial charge in [-0.15, -0.1) is 0 Å². The Morgan fingerprint density at radius 3 is 2.91 bits per heavy atom. The maximum absolute atomic E-state index is 10.4. The third-order valence-electron chi connectivity index (χ3n) is 1.21. The number of aliphatic hydroxyl groups excluding tert-OH is 1. The second-order valence-corrected chi connectivity index (χ2v) is 2.03. The molecule has 1 rings (SSSR count). The van der Waals surface area contributed by atoms with Crippen LogP contribution in [0.1, 0.15) is 6.42 Å². The Morgan fingerprint density at radius 2 is 2.27 bits per heavy atom. The summed E-state index contributed by atoms with van der Waals surface area (Å²) >= 11 is 0. The van der Waals surface area contributed by atoms with Crippen molar-refractivity contribution in [2.75, 3.05) is 0 Å². The molecule has 0 bridgehead atoms. The van der Waals surface area contributed by atoms with Crippen molar-refractivity contribution in [1.82, 2.24) is 0 Å². The maximum Gasteiger partial charge on any atom is 0.332 e. The molecule has 2 N–H and O–H groups in total. The topological polar surface area (TPSA) is 57.5 Å². The summed E-state index contributed by atoms with van der Waals surface area (Å²) in [5, 5.41) is 17.3. The quantitative estimate of drug-likeness (QED) is 0.544. The zero-order chi connectivity index (χ0) is 8.27. The first-order valence-corrected chi connectivity index (χ1v) is 3.02. The van der Waals surface area contributed by atoms with Crippen LogP contribution in [-0.4, -0.2) is 16.2 Å². The molecule has 0 atom stereocenters. The van der Waals surface area contributed by atoms with E-state index in [1.807, 2.05) is 0 Å². The van der Waals surface area contributed by atoms with Gasteiger partial charge in [-0.2, -0.15) is 0 Å². The highest BCUT2D eigenvalue weighted by atomic mass is 16.4. The Kier molecular flexibility index (Phi) is 1.98. The molecule has 0 aromatic heterocycles. The fraction of sp³-hybridized carbons (Fsp3) is 0.125. The Bertz CT molecular complexity index is 299. The van der Waals surface area contributed by atoms with Crippen molar-refractivity contribution < 1.29 is 15.0 Å². The Labute approximate surface area is 63.7 Å². The number of hydrogen-bond donors (Lipinski definition) is 2. The molecule has 0 radical (unpaired) electrons. The number of carboxylic acid groups (broad SMARTS) is 1. The molecule has 1 aliphatic rings. The van der Waals surface area contributed by atoms with Crippen LogP contribution in [0.15, 0.2) is 23.5 Å². The van der Waals surface area contributed by atoms with Gasteiger partial charge in [0.25, 0.3) is 0 Å². The van der Waals surface area contributed by atoms with Gasteiger partial charge >= 0.3 is 5.97 Å². The van der Waals surface area contributed by atoms with Gasteiger partial charge in [0.05, 0.1) is 0 Å². The normalized spacial score (nSPS) is 15.3. The largest absolute Gasteiger partial charge is 0.501 e. The molecule has 0 heterocycles. The lowest BCUT2D eigenvalue weighted by atomic mass is 10.2. The Balaban J connectivity index is 2.91. The van der Waals surface area contributed by atoms with Crippen molar-refractivity contribution >= 4 is 5.97 Å². The fourth-order valence-electron chi connectivity index (χ4n) is 0.657. The molecule has 0 aromatic carbocycles. The lowest BCUT2D eigenvalue weighted by molar-refractivity contribution is -0.132. The molecule has 3 heteroatoms. The van der Waals surface area contributed by atoms with Gasteiger partial charge < -0.3 is 10.2 Å². The number of aliphatic hydroxyl groups is 1. The SMILES string of the molecule is O=C(O)C1=CC=C(O)C#CC1. The van der Waals surface area contributed by atoms with Gasteiger partial charge in [0, 0.05) is 12.0 Å². The summed E-state index contributed by atoms with van der Waals surface area (Å²) in [6.07, 6.45) is 2.80. The predicted octanol–water partition coefficient (Wildman–Crippen LogP) is 0.846. The van der Waals surface area contributed by atoms with E-state index >= 15 is 0 Å². The summed E-state index contributed by atoms with van der Waals surface area (Å²) in [5.41, 5.74) is 0.196. The molecule has 0 unspecified atom stereocenters. The molecule has 0 saturated carbocycles. The van der Waals surface area contributed by atoms with Crippen LogP contribution in [0.25, 0.3) is 0 Å². The molecule has 0 spiro atoms. The van der Waals surface area contributed by atoms with Crippen LogP contribution in [0.4, 0.5) is 0 Å². The lowest BCUT2D eigenvalue weighted by Crippen LogP contribution is -1.98. The first kappa shape index (κ1) is 7.42. The van der Waals surface area contributed by atoms with E-state index in [1.165, 1.54) is 12.2 Å². The van der Waals surface area contributed by atoms with Crippen LogP contribution in [0.3, 0.4) is 0 Å². The van der Waals surface area contributed by atoms with E-state index in [-0.39, 0.29) is 17.8 Å². The standard InChI is InChI=1S/C8H6O3/c9-7-3-1-2-6(4-5-7)8(10)11/h4-5,9H,2H2,(H,10,11). The van der Waals surface area contributed by atoms with Crippen molar-refractivity contribution in [2.24, 2.45) is 0 Å². The van der Waals surface area contributed by atoms with Crippen molar-refractivity contribution in [2.45, 2.75) is 6.42 Å².